The number of nitrogens with zero attached hydrogens (tertiary/aromatic N) is 1. The van der Waals surface area contributed by atoms with Crippen molar-refractivity contribution < 1.29 is 0 Å². The molecule has 21 heavy (non-hydrogen) atoms. The lowest BCUT2D eigenvalue weighted by Gasteiger charge is -2.06. The van der Waals surface area contributed by atoms with E-state index >= 15 is 0 Å². The molecule has 0 aromatic carbocycles. The molecule has 2 aromatic heterocycles. The van der Waals surface area contributed by atoms with Crippen LogP contribution in [0.2, 0.25) is 0 Å². The monoisotopic (exact) mass is 305 g/mol. The van der Waals surface area contributed by atoms with Crippen LogP contribution in [-0.4, -0.2) is 16.0 Å². The van der Waals surface area contributed by atoms with Gasteiger partial charge in [0, 0.05) is 10.9 Å². The van der Waals surface area contributed by atoms with Crippen LogP contribution < -0.4 is 10.9 Å². The predicted octanol–water partition coefficient (Wildman–Crippen LogP) is 3.13. The van der Waals surface area contributed by atoms with Crippen LogP contribution in [0.25, 0.3) is 10.2 Å². The van der Waals surface area contributed by atoms with Crippen LogP contribution in [-0.2, 0) is 6.54 Å². The number of H-pyrrole nitrogens is 1. The Balaban J connectivity index is 1.85. The molecule has 0 saturated heterocycles. The standard InChI is InChI=1S/C16H23N3OS/c1-8-9(2)21-13-11(8)12(20)18-10(19-13)7-17-14-15(3,4)16(14,5)6/h14,17H,7H2,1-6H3,(H,18,19,20). The zero-order valence-corrected chi connectivity index (χ0v) is 14.4. The number of aromatic amines is 1. The Morgan fingerprint density at radius 3 is 2.43 bits per heavy atom. The first kappa shape index (κ1) is 14.7. The van der Waals surface area contributed by atoms with Crippen LogP contribution >= 0.6 is 11.3 Å². The van der Waals surface area contributed by atoms with Gasteiger partial charge in [0.25, 0.3) is 5.56 Å². The minimum absolute atomic E-state index is 0.0204. The molecule has 0 amide bonds. The van der Waals surface area contributed by atoms with E-state index in [1.54, 1.807) is 11.3 Å². The predicted molar refractivity (Wildman–Crippen MR) is 87.9 cm³/mol. The average molecular weight is 305 g/mol. The minimum Gasteiger partial charge on any atom is -0.309 e. The third kappa shape index (κ3) is 2.06. The highest BCUT2D eigenvalue weighted by Crippen LogP contribution is 2.62. The van der Waals surface area contributed by atoms with Crippen molar-refractivity contribution in [3.05, 3.63) is 26.6 Å². The van der Waals surface area contributed by atoms with Gasteiger partial charge in [0.2, 0.25) is 0 Å². The Labute approximate surface area is 129 Å². The minimum atomic E-state index is -0.0204. The zero-order chi connectivity index (χ0) is 15.6. The quantitative estimate of drug-likeness (QED) is 0.916. The van der Waals surface area contributed by atoms with E-state index in [1.807, 2.05) is 13.8 Å². The summed E-state index contributed by atoms with van der Waals surface area (Å²) in [6, 6.07) is 0.456. The molecule has 5 heteroatoms. The molecule has 2 N–H and O–H groups in total. The molecular formula is C16H23N3OS. The first-order valence-electron chi connectivity index (χ1n) is 7.38. The molecule has 114 valence electrons. The highest BCUT2D eigenvalue weighted by Gasteiger charge is 2.64. The van der Waals surface area contributed by atoms with Crippen molar-refractivity contribution >= 4 is 21.6 Å². The van der Waals surface area contributed by atoms with E-state index < -0.39 is 0 Å². The summed E-state index contributed by atoms with van der Waals surface area (Å²) in [6.45, 7) is 13.7. The normalized spacial score (nSPS) is 20.1. The Hall–Kier alpha value is -1.20. The molecule has 2 aromatic rings. The molecule has 0 aliphatic heterocycles. The molecule has 1 fully saturated rings. The van der Waals surface area contributed by atoms with Crippen LogP contribution in [0.4, 0.5) is 0 Å². The molecule has 0 radical (unpaired) electrons. The van der Waals surface area contributed by atoms with Gasteiger partial charge >= 0.3 is 0 Å². The Morgan fingerprint density at radius 1 is 1.24 bits per heavy atom. The molecule has 3 rings (SSSR count). The summed E-state index contributed by atoms with van der Waals surface area (Å²) in [6.07, 6.45) is 0. The van der Waals surface area contributed by atoms with E-state index in [1.165, 1.54) is 0 Å². The first-order chi connectivity index (χ1) is 9.66. The summed E-state index contributed by atoms with van der Waals surface area (Å²) in [7, 11) is 0. The van der Waals surface area contributed by atoms with Crippen molar-refractivity contribution in [1.29, 1.82) is 0 Å². The summed E-state index contributed by atoms with van der Waals surface area (Å²) in [4.78, 5) is 21.8. The van der Waals surface area contributed by atoms with Crippen LogP contribution in [0.3, 0.4) is 0 Å². The largest absolute Gasteiger partial charge is 0.309 e. The molecule has 0 atom stereocenters. The third-order valence-corrected chi connectivity index (χ3v) is 6.68. The van der Waals surface area contributed by atoms with Gasteiger partial charge < -0.3 is 10.3 Å². The molecular weight excluding hydrogens is 282 g/mol. The zero-order valence-electron chi connectivity index (χ0n) is 13.5. The van der Waals surface area contributed by atoms with Crippen molar-refractivity contribution in [3.8, 4) is 0 Å². The van der Waals surface area contributed by atoms with E-state index in [4.69, 9.17) is 0 Å². The van der Waals surface area contributed by atoms with Gasteiger partial charge in [0.1, 0.15) is 10.7 Å². The number of hydrogen-bond acceptors (Lipinski definition) is 4. The first-order valence-corrected chi connectivity index (χ1v) is 8.20. The number of aromatic nitrogens is 2. The van der Waals surface area contributed by atoms with E-state index in [2.05, 4.69) is 43.0 Å². The van der Waals surface area contributed by atoms with Crippen LogP contribution in [0, 0.1) is 24.7 Å². The maximum absolute atomic E-state index is 12.2. The molecule has 0 unspecified atom stereocenters. The van der Waals surface area contributed by atoms with Crippen LogP contribution in [0.1, 0.15) is 44.0 Å². The number of nitrogens with one attached hydrogen (secondary N) is 2. The van der Waals surface area contributed by atoms with Crippen molar-refractivity contribution in [3.63, 3.8) is 0 Å². The Morgan fingerprint density at radius 2 is 1.86 bits per heavy atom. The molecule has 4 nitrogen and oxygen atoms in total. The number of rotatable bonds is 3. The van der Waals surface area contributed by atoms with E-state index in [0.29, 0.717) is 12.6 Å². The van der Waals surface area contributed by atoms with Gasteiger partial charge in [-0.25, -0.2) is 4.98 Å². The van der Waals surface area contributed by atoms with Crippen LogP contribution in [0.5, 0.6) is 0 Å². The third-order valence-electron chi connectivity index (χ3n) is 5.58. The summed E-state index contributed by atoms with van der Waals surface area (Å²) in [5.41, 5.74) is 1.60. The lowest BCUT2D eigenvalue weighted by Crippen LogP contribution is -2.24. The van der Waals surface area contributed by atoms with Crippen LogP contribution in [0.15, 0.2) is 4.79 Å². The van der Waals surface area contributed by atoms with E-state index in [9.17, 15) is 4.79 Å². The van der Waals surface area contributed by atoms with Gasteiger partial charge in [-0.2, -0.15) is 0 Å². The lowest BCUT2D eigenvalue weighted by atomic mass is 10.0. The molecule has 2 heterocycles. The summed E-state index contributed by atoms with van der Waals surface area (Å²) in [5.74, 6) is 0.729. The topological polar surface area (TPSA) is 57.8 Å². The van der Waals surface area contributed by atoms with E-state index in [0.717, 1.165) is 26.5 Å². The maximum Gasteiger partial charge on any atom is 0.259 e. The highest BCUT2D eigenvalue weighted by atomic mass is 32.1. The van der Waals surface area contributed by atoms with Crippen molar-refractivity contribution in [2.24, 2.45) is 10.8 Å². The maximum atomic E-state index is 12.2. The fourth-order valence-electron chi connectivity index (χ4n) is 3.29. The van der Waals surface area contributed by atoms with Gasteiger partial charge in [-0.3, -0.25) is 4.79 Å². The molecule has 1 saturated carbocycles. The summed E-state index contributed by atoms with van der Waals surface area (Å²) >= 11 is 1.60. The Kier molecular flexibility index (Phi) is 3.08. The average Bonchev–Trinajstić information content (AvgIpc) is 2.61. The van der Waals surface area contributed by atoms with Gasteiger partial charge in [-0.1, -0.05) is 27.7 Å². The highest BCUT2D eigenvalue weighted by molar-refractivity contribution is 7.18. The van der Waals surface area contributed by atoms with Gasteiger partial charge in [-0.05, 0) is 30.2 Å². The number of fused-ring (bicyclic) bond motifs is 1. The van der Waals surface area contributed by atoms with Crippen molar-refractivity contribution in [2.75, 3.05) is 0 Å². The Bertz CT molecular complexity index is 756. The summed E-state index contributed by atoms with van der Waals surface area (Å²) < 4.78 is 0. The second-order valence-corrected chi connectivity index (χ2v) is 8.44. The lowest BCUT2D eigenvalue weighted by molar-refractivity contribution is 0.457. The number of aryl methyl sites for hydroxylation is 2. The number of hydrogen-bond donors (Lipinski definition) is 2. The number of thiophene rings is 1. The van der Waals surface area contributed by atoms with Crippen molar-refractivity contribution in [2.45, 2.75) is 54.1 Å². The van der Waals surface area contributed by atoms with Gasteiger partial charge in [0.05, 0.1) is 11.9 Å². The fraction of sp³-hybridized carbons (Fsp3) is 0.625. The second kappa shape index (κ2) is 4.40. The molecule has 0 spiro atoms. The smallest absolute Gasteiger partial charge is 0.259 e. The van der Waals surface area contributed by atoms with E-state index in [-0.39, 0.29) is 16.4 Å². The van der Waals surface area contributed by atoms with Gasteiger partial charge in [-0.15, -0.1) is 11.3 Å². The van der Waals surface area contributed by atoms with Gasteiger partial charge in [0.15, 0.2) is 0 Å². The molecule has 1 aliphatic rings. The fourth-order valence-corrected chi connectivity index (χ4v) is 4.34. The molecule has 1 aliphatic carbocycles. The van der Waals surface area contributed by atoms with Crippen molar-refractivity contribution in [1.82, 2.24) is 15.3 Å². The summed E-state index contributed by atoms with van der Waals surface area (Å²) in [5, 5.41) is 4.28. The second-order valence-electron chi connectivity index (χ2n) is 7.23. The molecule has 0 bridgehead atoms. The SMILES string of the molecule is Cc1sc2nc(CNC3C(C)(C)C3(C)C)[nH]c(=O)c2c1C.